The van der Waals surface area contributed by atoms with Crippen molar-refractivity contribution in [3.05, 3.63) is 70.8 Å². The monoisotopic (exact) mass is 342 g/mol. The molecule has 2 rings (SSSR count). The summed E-state index contributed by atoms with van der Waals surface area (Å²) in [7, 11) is 6.17. The smallest absolute Gasteiger partial charge is 0.185 e. The molecule has 0 heterocycles. The molecule has 0 amide bonds. The Morgan fingerprint density at radius 1 is 0.958 bits per heavy atom. The topological polar surface area (TPSA) is 23.6 Å². The summed E-state index contributed by atoms with van der Waals surface area (Å²) in [6.45, 7) is 1.93. The molecule has 0 aliphatic heterocycles. The molecule has 0 aromatic heterocycles. The zero-order chi connectivity index (χ0) is 17.5. The third kappa shape index (κ3) is 5.52. The minimum atomic E-state index is -0.00700. The number of likely N-dealkylation sites (N-methyl/N-ethyl adjacent to an activating group) is 2. The first kappa shape index (κ1) is 18.2. The SMILES string of the molecule is CN(C)CCN(C)c1ccc(C(=O)C=Cc2ccc(Cl)cc2)cc1. The van der Waals surface area contributed by atoms with Crippen molar-refractivity contribution in [3.8, 4) is 0 Å². The van der Waals surface area contributed by atoms with E-state index in [4.69, 9.17) is 11.6 Å². The van der Waals surface area contributed by atoms with E-state index in [2.05, 4.69) is 30.9 Å². The van der Waals surface area contributed by atoms with Crippen molar-refractivity contribution in [2.24, 2.45) is 0 Å². The first-order valence-electron chi connectivity index (χ1n) is 7.89. The number of anilines is 1. The fourth-order valence-electron chi connectivity index (χ4n) is 2.20. The van der Waals surface area contributed by atoms with Crippen LogP contribution in [0.25, 0.3) is 6.08 Å². The number of rotatable bonds is 7. The Labute approximate surface area is 149 Å². The molecule has 0 fully saturated rings. The van der Waals surface area contributed by atoms with Crippen LogP contribution in [0.15, 0.2) is 54.6 Å². The molecule has 0 aliphatic carbocycles. The molecule has 0 bridgehead atoms. The molecule has 0 N–H and O–H groups in total. The quantitative estimate of drug-likeness (QED) is 0.555. The van der Waals surface area contributed by atoms with Gasteiger partial charge in [-0.05, 0) is 62.1 Å². The summed E-state index contributed by atoms with van der Waals surface area (Å²) in [5.74, 6) is -0.00700. The summed E-state index contributed by atoms with van der Waals surface area (Å²) >= 11 is 5.85. The largest absolute Gasteiger partial charge is 0.373 e. The molecule has 2 aromatic carbocycles. The summed E-state index contributed by atoms with van der Waals surface area (Å²) in [5, 5.41) is 0.687. The van der Waals surface area contributed by atoms with Crippen molar-refractivity contribution < 1.29 is 4.79 Å². The van der Waals surface area contributed by atoms with Crippen LogP contribution in [0.2, 0.25) is 5.02 Å². The van der Waals surface area contributed by atoms with Crippen molar-refractivity contribution in [2.75, 3.05) is 39.1 Å². The molecule has 0 saturated carbocycles. The number of hydrogen-bond donors (Lipinski definition) is 0. The standard InChI is InChI=1S/C20H23ClN2O/c1-22(2)14-15-23(3)19-11-7-17(8-12-19)20(24)13-6-16-4-9-18(21)10-5-16/h4-13H,14-15H2,1-3H3. The van der Waals surface area contributed by atoms with Gasteiger partial charge in [0.25, 0.3) is 0 Å². The van der Waals surface area contributed by atoms with Crippen LogP contribution >= 0.6 is 11.6 Å². The minimum absolute atomic E-state index is 0.00700. The summed E-state index contributed by atoms with van der Waals surface area (Å²) in [6.07, 6.45) is 3.39. The first-order valence-corrected chi connectivity index (χ1v) is 8.27. The van der Waals surface area contributed by atoms with Crippen LogP contribution in [0.1, 0.15) is 15.9 Å². The first-order chi connectivity index (χ1) is 11.5. The zero-order valence-corrected chi connectivity index (χ0v) is 15.1. The van der Waals surface area contributed by atoms with Crippen molar-refractivity contribution in [3.63, 3.8) is 0 Å². The maximum atomic E-state index is 12.2. The van der Waals surface area contributed by atoms with Gasteiger partial charge in [0, 0.05) is 36.4 Å². The lowest BCUT2D eigenvalue weighted by molar-refractivity contribution is 0.104. The van der Waals surface area contributed by atoms with Gasteiger partial charge >= 0.3 is 0 Å². The van der Waals surface area contributed by atoms with Crippen LogP contribution in [0.4, 0.5) is 5.69 Å². The summed E-state index contributed by atoms with van der Waals surface area (Å²) in [5.41, 5.74) is 2.74. The van der Waals surface area contributed by atoms with Gasteiger partial charge in [0.2, 0.25) is 0 Å². The highest BCUT2D eigenvalue weighted by atomic mass is 35.5. The normalized spacial score (nSPS) is 11.2. The second-order valence-electron chi connectivity index (χ2n) is 6.02. The molecule has 2 aromatic rings. The van der Waals surface area contributed by atoms with E-state index in [0.717, 1.165) is 24.3 Å². The Balaban J connectivity index is 1.99. The zero-order valence-electron chi connectivity index (χ0n) is 14.4. The van der Waals surface area contributed by atoms with Gasteiger partial charge in [-0.25, -0.2) is 0 Å². The number of carbonyl (C=O) groups excluding carboxylic acids is 1. The average Bonchev–Trinajstić information content (AvgIpc) is 2.59. The minimum Gasteiger partial charge on any atom is -0.373 e. The number of halogens is 1. The average molecular weight is 343 g/mol. The number of ketones is 1. The van der Waals surface area contributed by atoms with E-state index in [1.165, 1.54) is 0 Å². The van der Waals surface area contributed by atoms with Gasteiger partial charge in [0.15, 0.2) is 5.78 Å². The molecule has 3 nitrogen and oxygen atoms in total. The third-order valence-electron chi connectivity index (χ3n) is 3.77. The molecular formula is C20H23ClN2O. The van der Waals surface area contributed by atoms with Crippen LogP contribution in [-0.4, -0.2) is 44.9 Å². The Kier molecular flexibility index (Phi) is 6.59. The number of carbonyl (C=O) groups is 1. The van der Waals surface area contributed by atoms with Gasteiger partial charge in [0.05, 0.1) is 0 Å². The van der Waals surface area contributed by atoms with E-state index in [-0.39, 0.29) is 5.78 Å². The maximum Gasteiger partial charge on any atom is 0.185 e. The number of hydrogen-bond acceptors (Lipinski definition) is 3. The highest BCUT2D eigenvalue weighted by molar-refractivity contribution is 6.30. The maximum absolute atomic E-state index is 12.2. The molecule has 0 unspecified atom stereocenters. The van der Waals surface area contributed by atoms with E-state index in [1.54, 1.807) is 12.2 Å². The van der Waals surface area contributed by atoms with Crippen molar-refractivity contribution in [1.82, 2.24) is 4.90 Å². The van der Waals surface area contributed by atoms with Crippen LogP contribution in [0.3, 0.4) is 0 Å². The lowest BCUT2D eigenvalue weighted by Crippen LogP contribution is -2.28. The fraction of sp³-hybridized carbons (Fsp3) is 0.250. The van der Waals surface area contributed by atoms with Gasteiger partial charge in [-0.15, -0.1) is 0 Å². The predicted molar refractivity (Wildman–Crippen MR) is 103 cm³/mol. The third-order valence-corrected chi connectivity index (χ3v) is 4.02. The van der Waals surface area contributed by atoms with Crippen LogP contribution < -0.4 is 4.90 Å². The van der Waals surface area contributed by atoms with E-state index in [1.807, 2.05) is 48.5 Å². The highest BCUT2D eigenvalue weighted by Crippen LogP contribution is 2.15. The Bertz CT molecular complexity index is 691. The highest BCUT2D eigenvalue weighted by Gasteiger charge is 2.05. The summed E-state index contributed by atoms with van der Waals surface area (Å²) in [6, 6.07) is 15.1. The molecule has 126 valence electrons. The van der Waals surface area contributed by atoms with Crippen molar-refractivity contribution >= 4 is 29.1 Å². The Morgan fingerprint density at radius 2 is 1.58 bits per heavy atom. The van der Waals surface area contributed by atoms with E-state index in [0.29, 0.717) is 10.6 Å². The lowest BCUT2D eigenvalue weighted by Gasteiger charge is -2.21. The molecular weight excluding hydrogens is 320 g/mol. The van der Waals surface area contributed by atoms with Gasteiger partial charge in [-0.1, -0.05) is 29.8 Å². The molecule has 0 radical (unpaired) electrons. The van der Waals surface area contributed by atoms with Crippen LogP contribution in [-0.2, 0) is 0 Å². The number of benzene rings is 2. The second kappa shape index (κ2) is 8.67. The molecule has 0 saturated heterocycles. The number of nitrogens with zero attached hydrogens (tertiary/aromatic N) is 2. The van der Waals surface area contributed by atoms with E-state index < -0.39 is 0 Å². The van der Waals surface area contributed by atoms with Crippen molar-refractivity contribution in [2.45, 2.75) is 0 Å². The number of allylic oxidation sites excluding steroid dienone is 1. The lowest BCUT2D eigenvalue weighted by atomic mass is 10.1. The Hall–Kier alpha value is -2.10. The molecule has 4 heteroatoms. The fourth-order valence-corrected chi connectivity index (χ4v) is 2.33. The van der Waals surface area contributed by atoms with Gasteiger partial charge in [0.1, 0.15) is 0 Å². The molecule has 24 heavy (non-hydrogen) atoms. The van der Waals surface area contributed by atoms with Gasteiger partial charge < -0.3 is 9.80 Å². The summed E-state index contributed by atoms with van der Waals surface area (Å²) < 4.78 is 0. The van der Waals surface area contributed by atoms with Crippen LogP contribution in [0.5, 0.6) is 0 Å². The van der Waals surface area contributed by atoms with Crippen molar-refractivity contribution in [1.29, 1.82) is 0 Å². The van der Waals surface area contributed by atoms with Gasteiger partial charge in [-0.3, -0.25) is 4.79 Å². The van der Waals surface area contributed by atoms with E-state index >= 15 is 0 Å². The second-order valence-corrected chi connectivity index (χ2v) is 6.46. The summed E-state index contributed by atoms with van der Waals surface area (Å²) in [4.78, 5) is 16.6. The van der Waals surface area contributed by atoms with E-state index in [9.17, 15) is 4.79 Å². The molecule has 0 spiro atoms. The van der Waals surface area contributed by atoms with Gasteiger partial charge in [-0.2, -0.15) is 0 Å². The van der Waals surface area contributed by atoms with Crippen LogP contribution in [0, 0.1) is 0 Å². The molecule has 0 aliphatic rings. The predicted octanol–water partition coefficient (Wildman–Crippen LogP) is 4.23. The Morgan fingerprint density at radius 3 is 2.17 bits per heavy atom. The molecule has 0 atom stereocenters.